The van der Waals surface area contributed by atoms with Gasteiger partial charge < -0.3 is 16.2 Å². The fourth-order valence-corrected chi connectivity index (χ4v) is 8.10. The van der Waals surface area contributed by atoms with Crippen molar-refractivity contribution in [3.8, 4) is 12.1 Å². The van der Waals surface area contributed by atoms with E-state index in [4.69, 9.17) is 22.0 Å². The van der Waals surface area contributed by atoms with Crippen LogP contribution in [0.4, 0.5) is 0 Å². The van der Waals surface area contributed by atoms with E-state index < -0.39 is 43.4 Å². The zero-order valence-corrected chi connectivity index (χ0v) is 23.6. The molecule has 2 atom stereocenters. The molecule has 0 aromatic heterocycles. The zero-order valence-electron chi connectivity index (χ0n) is 22.0. The Hall–Kier alpha value is -4.27. The molecule has 2 aromatic rings. The first kappa shape index (κ1) is 30.3. The SMILES string of the molecule is CCc1cc2c(cc1C(=O)N=C(N)N)S(=O)(=O)CC2C#N.CCc1cc2c(cc1C(=O)OC)S(=O)(=O)CC2C#N. The number of nitriles is 2. The van der Waals surface area contributed by atoms with Gasteiger partial charge in [0.1, 0.15) is 0 Å². The van der Waals surface area contributed by atoms with Crippen LogP contribution in [0.1, 0.15) is 68.7 Å². The molecule has 0 radical (unpaired) electrons. The molecule has 0 aliphatic carbocycles. The first-order valence-corrected chi connectivity index (χ1v) is 15.4. The maximum absolute atomic E-state index is 12.1. The first-order chi connectivity index (χ1) is 18.7. The molecular weight excluding hydrogens is 558 g/mol. The van der Waals surface area contributed by atoms with Gasteiger partial charge in [-0.2, -0.15) is 15.5 Å². The van der Waals surface area contributed by atoms with Crippen LogP contribution in [0.5, 0.6) is 0 Å². The summed E-state index contributed by atoms with van der Waals surface area (Å²) in [6, 6.07) is 9.81. The lowest BCUT2D eigenvalue weighted by Crippen LogP contribution is -2.24. The summed E-state index contributed by atoms with van der Waals surface area (Å²) in [5.74, 6) is -3.48. The lowest BCUT2D eigenvalue weighted by molar-refractivity contribution is 0.0599. The average molecular weight is 586 g/mol. The molecule has 4 N–H and O–H groups in total. The number of amides is 1. The highest BCUT2D eigenvalue weighted by atomic mass is 32.2. The molecule has 12 nitrogen and oxygen atoms in total. The van der Waals surface area contributed by atoms with Crippen molar-refractivity contribution in [3.63, 3.8) is 0 Å². The quantitative estimate of drug-likeness (QED) is 0.297. The number of aryl methyl sites for hydroxylation is 2. The largest absolute Gasteiger partial charge is 0.465 e. The molecule has 0 spiro atoms. The van der Waals surface area contributed by atoms with E-state index in [0.717, 1.165) is 0 Å². The normalized spacial score (nSPS) is 19.0. The molecule has 0 fully saturated rings. The molecule has 2 heterocycles. The van der Waals surface area contributed by atoms with Crippen LogP contribution >= 0.6 is 0 Å². The third-order valence-electron chi connectivity index (χ3n) is 6.60. The fraction of sp³-hybridized carbons (Fsp3) is 0.346. The summed E-state index contributed by atoms with van der Waals surface area (Å²) in [6.07, 6.45) is 1.06. The molecule has 2 aliphatic rings. The zero-order chi connectivity index (χ0) is 30.0. The minimum atomic E-state index is -3.56. The topological polar surface area (TPSA) is 224 Å². The average Bonchev–Trinajstić information content (AvgIpc) is 3.33. The third kappa shape index (κ3) is 5.68. The Bertz CT molecular complexity index is 1730. The molecule has 4 rings (SSSR count). The van der Waals surface area contributed by atoms with E-state index in [9.17, 15) is 26.4 Å². The lowest BCUT2D eigenvalue weighted by atomic mass is 9.95. The number of ether oxygens (including phenoxy) is 1. The first-order valence-electron chi connectivity index (χ1n) is 12.0. The predicted molar refractivity (Wildman–Crippen MR) is 144 cm³/mol. The van der Waals surface area contributed by atoms with E-state index in [1.165, 1.54) is 19.2 Å². The van der Waals surface area contributed by atoms with Gasteiger partial charge in [-0.15, -0.1) is 0 Å². The molecule has 14 heteroatoms. The highest BCUT2D eigenvalue weighted by Crippen LogP contribution is 2.38. The van der Waals surface area contributed by atoms with Gasteiger partial charge in [0.2, 0.25) is 0 Å². The van der Waals surface area contributed by atoms with Crippen molar-refractivity contribution in [1.82, 2.24) is 0 Å². The monoisotopic (exact) mass is 585 g/mol. The molecule has 2 unspecified atom stereocenters. The van der Waals surface area contributed by atoms with E-state index in [0.29, 0.717) is 35.1 Å². The summed E-state index contributed by atoms with van der Waals surface area (Å²) >= 11 is 0. The Morgan fingerprint density at radius 2 is 1.30 bits per heavy atom. The van der Waals surface area contributed by atoms with Crippen LogP contribution in [0.15, 0.2) is 39.0 Å². The lowest BCUT2D eigenvalue weighted by Gasteiger charge is -2.09. The van der Waals surface area contributed by atoms with Gasteiger partial charge in [-0.1, -0.05) is 26.0 Å². The number of sulfone groups is 2. The van der Waals surface area contributed by atoms with Crippen LogP contribution in [-0.4, -0.2) is 53.3 Å². The number of rotatable bonds is 4. The van der Waals surface area contributed by atoms with Crippen molar-refractivity contribution in [1.29, 1.82) is 10.5 Å². The van der Waals surface area contributed by atoms with E-state index in [1.54, 1.807) is 12.1 Å². The van der Waals surface area contributed by atoms with Gasteiger partial charge in [-0.25, -0.2) is 21.6 Å². The summed E-state index contributed by atoms with van der Waals surface area (Å²) in [7, 11) is -5.80. The number of guanidine groups is 1. The minimum absolute atomic E-state index is 0.0143. The maximum atomic E-state index is 12.1. The molecule has 40 heavy (non-hydrogen) atoms. The van der Waals surface area contributed by atoms with Crippen LogP contribution in [0.25, 0.3) is 0 Å². The highest BCUT2D eigenvalue weighted by Gasteiger charge is 2.37. The summed E-state index contributed by atoms with van der Waals surface area (Å²) in [5.41, 5.74) is 13.0. The maximum Gasteiger partial charge on any atom is 0.338 e. The number of carbonyl (C=O) groups is 2. The van der Waals surface area contributed by atoms with Gasteiger partial charge in [0.05, 0.1) is 57.9 Å². The van der Waals surface area contributed by atoms with Gasteiger partial charge in [-0.05, 0) is 47.2 Å². The van der Waals surface area contributed by atoms with Gasteiger partial charge in [0, 0.05) is 5.56 Å². The van der Waals surface area contributed by atoms with Crippen LogP contribution in [-0.2, 0) is 37.3 Å². The van der Waals surface area contributed by atoms with Crippen molar-refractivity contribution in [2.75, 3.05) is 18.6 Å². The van der Waals surface area contributed by atoms with Crippen LogP contribution in [0.2, 0.25) is 0 Å². The number of benzene rings is 2. The summed E-state index contributed by atoms with van der Waals surface area (Å²) < 4.78 is 52.8. The van der Waals surface area contributed by atoms with Crippen molar-refractivity contribution in [2.24, 2.45) is 16.5 Å². The standard InChI is InChI=1S/C13H14N4O3S.C13H13NO4S/c1-2-7-3-9-8(5-14)6-21(19,20)11(9)4-10(7)12(18)17-13(15)16;1-3-8-4-10-9(6-14)7-19(16,17)12(10)5-11(8)13(15)18-2/h3-4,8H,2,6H2,1H3,(H4,15,16,17,18);4-5,9H,3,7H2,1-2H3. The van der Waals surface area contributed by atoms with Crippen molar-refractivity contribution in [2.45, 2.75) is 48.3 Å². The second-order valence-electron chi connectivity index (χ2n) is 9.06. The van der Waals surface area contributed by atoms with E-state index >= 15 is 0 Å². The minimum Gasteiger partial charge on any atom is -0.465 e. The van der Waals surface area contributed by atoms with Gasteiger partial charge in [-0.3, -0.25) is 4.79 Å². The predicted octanol–water partition coefficient (Wildman–Crippen LogP) is 1.49. The Kier molecular flexibility index (Phi) is 8.67. The van der Waals surface area contributed by atoms with E-state index in [1.807, 2.05) is 26.0 Å². The number of nitrogens with two attached hydrogens (primary N) is 2. The van der Waals surface area contributed by atoms with Crippen LogP contribution in [0, 0.1) is 22.7 Å². The second-order valence-corrected chi connectivity index (χ2v) is 13.1. The number of hydrogen-bond acceptors (Lipinski definition) is 9. The number of aliphatic imine (C=N–C) groups is 1. The number of carbonyl (C=O) groups excluding carboxylic acids is 2. The second kappa shape index (κ2) is 11.5. The molecule has 0 bridgehead atoms. The molecule has 1 amide bonds. The third-order valence-corrected chi connectivity index (χ3v) is 10.2. The Morgan fingerprint density at radius 3 is 1.68 bits per heavy atom. The number of nitrogens with zero attached hydrogens (tertiary/aromatic N) is 3. The van der Waals surface area contributed by atoms with Crippen molar-refractivity contribution >= 4 is 37.5 Å². The summed E-state index contributed by atoms with van der Waals surface area (Å²) in [5, 5.41) is 18.1. The van der Waals surface area contributed by atoms with Crippen LogP contribution < -0.4 is 11.5 Å². The number of methoxy groups -OCH3 is 1. The van der Waals surface area contributed by atoms with Crippen molar-refractivity contribution < 1.29 is 31.2 Å². The van der Waals surface area contributed by atoms with Gasteiger partial charge in [0.25, 0.3) is 5.91 Å². The molecule has 2 aromatic carbocycles. The van der Waals surface area contributed by atoms with E-state index in [-0.39, 0.29) is 38.4 Å². The Labute approximate surface area is 232 Å². The Balaban J connectivity index is 0.000000222. The molecule has 0 saturated heterocycles. The van der Waals surface area contributed by atoms with Gasteiger partial charge in [0.15, 0.2) is 25.6 Å². The number of fused-ring (bicyclic) bond motifs is 2. The molecule has 210 valence electrons. The van der Waals surface area contributed by atoms with Crippen molar-refractivity contribution in [3.05, 3.63) is 57.6 Å². The fourth-order valence-electron chi connectivity index (χ4n) is 4.64. The number of hydrogen-bond donors (Lipinski definition) is 2. The highest BCUT2D eigenvalue weighted by molar-refractivity contribution is 7.92. The smallest absolute Gasteiger partial charge is 0.338 e. The van der Waals surface area contributed by atoms with Gasteiger partial charge >= 0.3 is 5.97 Å². The Morgan fingerprint density at radius 1 is 0.875 bits per heavy atom. The molecule has 2 aliphatic heterocycles. The van der Waals surface area contributed by atoms with E-state index in [2.05, 4.69) is 9.73 Å². The summed E-state index contributed by atoms with van der Waals surface area (Å²) in [6.45, 7) is 3.68. The van der Waals surface area contributed by atoms with Crippen LogP contribution in [0.3, 0.4) is 0 Å². The molecule has 0 saturated carbocycles. The number of esters is 1. The molecular formula is C26H27N5O7S2. The summed E-state index contributed by atoms with van der Waals surface area (Å²) in [4.78, 5) is 27.2.